The maximum Gasteiger partial charge on any atom is 0.248 e. The van der Waals surface area contributed by atoms with Crippen molar-refractivity contribution in [3.8, 4) is 11.5 Å². The molecule has 0 bridgehead atoms. The molecule has 0 unspecified atom stereocenters. The molecule has 0 atom stereocenters. The summed E-state index contributed by atoms with van der Waals surface area (Å²) in [5.74, 6) is 1.19. The Bertz CT molecular complexity index is 802. The Balaban J connectivity index is 2.07. The van der Waals surface area contributed by atoms with Gasteiger partial charge in [-0.1, -0.05) is 37.1 Å². The van der Waals surface area contributed by atoms with E-state index in [1.54, 1.807) is 18.2 Å². The van der Waals surface area contributed by atoms with E-state index in [4.69, 9.17) is 21.1 Å². The number of carbonyl (C=O) groups is 1. The number of rotatable bonds is 9. The normalized spacial score (nSPS) is 10.8. The lowest BCUT2D eigenvalue weighted by Crippen LogP contribution is -2.09. The molecule has 0 fully saturated rings. The number of unbranched alkanes of at least 4 members (excludes halogenated alkanes) is 1. The summed E-state index contributed by atoms with van der Waals surface area (Å²) in [7, 11) is 0. The maximum absolute atomic E-state index is 12.2. The second-order valence-corrected chi connectivity index (χ2v) is 6.48. The van der Waals surface area contributed by atoms with Crippen molar-refractivity contribution in [2.75, 3.05) is 18.5 Å². The van der Waals surface area contributed by atoms with Crippen LogP contribution < -0.4 is 14.8 Å². The van der Waals surface area contributed by atoms with Gasteiger partial charge < -0.3 is 14.8 Å². The van der Waals surface area contributed by atoms with Crippen LogP contribution in [0.25, 0.3) is 6.08 Å². The summed E-state index contributed by atoms with van der Waals surface area (Å²) >= 11 is 6.08. The summed E-state index contributed by atoms with van der Waals surface area (Å²) in [6, 6.07) is 11.1. The number of nitrogens with one attached hydrogen (secondary N) is 1. The van der Waals surface area contributed by atoms with Crippen molar-refractivity contribution in [3.63, 3.8) is 0 Å². The van der Waals surface area contributed by atoms with Gasteiger partial charge in [0.05, 0.1) is 13.2 Å². The van der Waals surface area contributed by atoms with Gasteiger partial charge in [-0.15, -0.1) is 0 Å². The molecule has 1 N–H and O–H groups in total. The highest BCUT2D eigenvalue weighted by molar-refractivity contribution is 6.31. The van der Waals surface area contributed by atoms with E-state index < -0.39 is 0 Å². The van der Waals surface area contributed by atoms with Gasteiger partial charge in [0.1, 0.15) is 0 Å². The minimum Gasteiger partial charge on any atom is -0.490 e. The van der Waals surface area contributed by atoms with E-state index in [1.807, 2.05) is 38.1 Å². The highest BCUT2D eigenvalue weighted by Crippen LogP contribution is 2.29. The van der Waals surface area contributed by atoms with Gasteiger partial charge in [-0.2, -0.15) is 0 Å². The minimum absolute atomic E-state index is 0.221. The van der Waals surface area contributed by atoms with Crippen molar-refractivity contribution in [1.82, 2.24) is 0 Å². The molecule has 0 aliphatic carbocycles. The SMILES string of the molecule is CCCCOc1ccc(/C=C/C(=O)Nc2cccc(Cl)c2C)cc1OCC. The highest BCUT2D eigenvalue weighted by Gasteiger charge is 2.07. The number of hydrogen-bond donors (Lipinski definition) is 1. The molecule has 4 nitrogen and oxygen atoms in total. The average molecular weight is 388 g/mol. The summed E-state index contributed by atoms with van der Waals surface area (Å²) in [4.78, 5) is 12.2. The van der Waals surface area contributed by atoms with Gasteiger partial charge in [-0.25, -0.2) is 0 Å². The quantitative estimate of drug-likeness (QED) is 0.431. The van der Waals surface area contributed by atoms with Crippen LogP contribution in [-0.2, 0) is 4.79 Å². The van der Waals surface area contributed by atoms with E-state index in [1.165, 1.54) is 6.08 Å². The first-order valence-corrected chi connectivity index (χ1v) is 9.56. The molecule has 1 amide bonds. The molecule has 2 aromatic rings. The Morgan fingerprint density at radius 1 is 1.15 bits per heavy atom. The maximum atomic E-state index is 12.2. The summed E-state index contributed by atoms with van der Waals surface area (Å²) in [6.45, 7) is 7.13. The summed E-state index contributed by atoms with van der Waals surface area (Å²) < 4.78 is 11.4. The fourth-order valence-corrected chi connectivity index (χ4v) is 2.61. The number of benzene rings is 2. The Morgan fingerprint density at radius 3 is 2.70 bits per heavy atom. The van der Waals surface area contributed by atoms with Crippen molar-refractivity contribution in [3.05, 3.63) is 58.6 Å². The van der Waals surface area contributed by atoms with E-state index >= 15 is 0 Å². The van der Waals surface area contributed by atoms with E-state index in [2.05, 4.69) is 12.2 Å². The van der Waals surface area contributed by atoms with Crippen LogP contribution >= 0.6 is 11.6 Å². The zero-order chi connectivity index (χ0) is 19.6. The number of carbonyl (C=O) groups excluding carboxylic acids is 1. The van der Waals surface area contributed by atoms with Crippen molar-refractivity contribution >= 4 is 29.3 Å². The molecule has 2 aromatic carbocycles. The molecule has 5 heteroatoms. The van der Waals surface area contributed by atoms with E-state index in [9.17, 15) is 4.79 Å². The van der Waals surface area contributed by atoms with Crippen molar-refractivity contribution in [1.29, 1.82) is 0 Å². The first-order valence-electron chi connectivity index (χ1n) is 9.19. The lowest BCUT2D eigenvalue weighted by Gasteiger charge is -2.12. The highest BCUT2D eigenvalue weighted by atomic mass is 35.5. The third kappa shape index (κ3) is 6.33. The smallest absolute Gasteiger partial charge is 0.248 e. The Labute approximate surface area is 166 Å². The summed E-state index contributed by atoms with van der Waals surface area (Å²) in [6.07, 6.45) is 5.30. The van der Waals surface area contributed by atoms with Crippen LogP contribution in [0.4, 0.5) is 5.69 Å². The fourth-order valence-electron chi connectivity index (χ4n) is 2.43. The molecular weight excluding hydrogens is 362 g/mol. The molecule has 2 rings (SSSR count). The average Bonchev–Trinajstić information content (AvgIpc) is 2.65. The largest absolute Gasteiger partial charge is 0.490 e. The van der Waals surface area contributed by atoms with E-state index in [0.717, 1.165) is 29.7 Å². The van der Waals surface area contributed by atoms with Crippen LogP contribution in [0.5, 0.6) is 11.5 Å². The van der Waals surface area contributed by atoms with Crippen LogP contribution in [0.1, 0.15) is 37.8 Å². The molecule has 0 saturated carbocycles. The lowest BCUT2D eigenvalue weighted by atomic mass is 10.1. The van der Waals surface area contributed by atoms with Crippen LogP contribution in [0.3, 0.4) is 0 Å². The zero-order valence-corrected chi connectivity index (χ0v) is 16.8. The third-order valence-corrected chi connectivity index (χ3v) is 4.39. The third-order valence-electron chi connectivity index (χ3n) is 3.98. The molecule has 0 aliphatic rings. The standard InChI is InChI=1S/C22H26ClNO3/c1-4-6-14-27-20-12-10-17(15-21(20)26-5-2)11-13-22(25)24-19-9-7-8-18(23)16(19)3/h7-13,15H,4-6,14H2,1-3H3,(H,24,25)/b13-11+. The predicted octanol–water partition coefficient (Wildman–Crippen LogP) is 5.88. The minimum atomic E-state index is -0.221. The van der Waals surface area contributed by atoms with Gasteiger partial charge >= 0.3 is 0 Å². The van der Waals surface area contributed by atoms with Crippen LogP contribution in [0.2, 0.25) is 5.02 Å². The zero-order valence-electron chi connectivity index (χ0n) is 16.0. The topological polar surface area (TPSA) is 47.6 Å². The van der Waals surface area contributed by atoms with Gasteiger partial charge in [-0.05, 0) is 61.7 Å². The van der Waals surface area contributed by atoms with Crippen molar-refractivity contribution in [2.45, 2.75) is 33.6 Å². The Kier molecular flexibility index (Phi) is 8.21. The second kappa shape index (κ2) is 10.6. The first-order chi connectivity index (χ1) is 13.0. The molecule has 0 saturated heterocycles. The lowest BCUT2D eigenvalue weighted by molar-refractivity contribution is -0.111. The van der Waals surface area contributed by atoms with Crippen molar-refractivity contribution < 1.29 is 14.3 Å². The fraction of sp³-hybridized carbons (Fsp3) is 0.318. The molecule has 0 radical (unpaired) electrons. The van der Waals surface area contributed by atoms with Gasteiger partial charge in [0.15, 0.2) is 11.5 Å². The van der Waals surface area contributed by atoms with Gasteiger partial charge in [0.2, 0.25) is 5.91 Å². The number of amides is 1. The Morgan fingerprint density at radius 2 is 1.96 bits per heavy atom. The van der Waals surface area contributed by atoms with E-state index in [0.29, 0.717) is 29.7 Å². The van der Waals surface area contributed by atoms with Gasteiger partial charge in [0.25, 0.3) is 0 Å². The molecule has 0 heterocycles. The second-order valence-electron chi connectivity index (χ2n) is 6.08. The number of anilines is 1. The van der Waals surface area contributed by atoms with Gasteiger partial charge in [0, 0.05) is 16.8 Å². The summed E-state index contributed by atoms with van der Waals surface area (Å²) in [5, 5.41) is 3.46. The number of ether oxygens (including phenoxy) is 2. The molecule has 0 spiro atoms. The number of hydrogen-bond acceptors (Lipinski definition) is 3. The Hall–Kier alpha value is -2.46. The van der Waals surface area contributed by atoms with Crippen molar-refractivity contribution in [2.24, 2.45) is 0 Å². The molecule has 27 heavy (non-hydrogen) atoms. The predicted molar refractivity (Wildman–Crippen MR) is 112 cm³/mol. The number of halogens is 1. The summed E-state index contributed by atoms with van der Waals surface area (Å²) in [5.41, 5.74) is 2.40. The molecular formula is C22H26ClNO3. The molecule has 144 valence electrons. The van der Waals surface area contributed by atoms with Crippen LogP contribution in [-0.4, -0.2) is 19.1 Å². The molecule has 0 aromatic heterocycles. The molecule has 0 aliphatic heterocycles. The van der Waals surface area contributed by atoms with Gasteiger partial charge in [-0.3, -0.25) is 4.79 Å². The monoisotopic (exact) mass is 387 g/mol. The van der Waals surface area contributed by atoms with E-state index in [-0.39, 0.29) is 5.91 Å². The van der Waals surface area contributed by atoms with Crippen LogP contribution in [0, 0.1) is 6.92 Å². The first kappa shape index (κ1) is 20.8. The van der Waals surface area contributed by atoms with Crippen LogP contribution in [0.15, 0.2) is 42.5 Å².